The molecule has 0 heterocycles. The first-order valence-electron chi connectivity index (χ1n) is 5.80. The van der Waals surface area contributed by atoms with Gasteiger partial charge in [-0.25, -0.2) is 13.2 Å². The zero-order chi connectivity index (χ0) is 14.8. The molecule has 19 heavy (non-hydrogen) atoms. The molecule has 1 aromatic rings. The van der Waals surface area contributed by atoms with Gasteiger partial charge in [0.25, 0.3) is 0 Å². The lowest BCUT2D eigenvalue weighted by atomic mass is 10.2. The summed E-state index contributed by atoms with van der Waals surface area (Å²) in [6.07, 6.45) is 0. The molecule has 0 radical (unpaired) electrons. The molecule has 0 saturated carbocycles. The second-order valence-corrected chi connectivity index (χ2v) is 6.18. The van der Waals surface area contributed by atoms with E-state index in [4.69, 9.17) is 5.11 Å². The van der Waals surface area contributed by atoms with Gasteiger partial charge in [0.1, 0.15) is 11.3 Å². The minimum absolute atomic E-state index is 0.141. The van der Waals surface area contributed by atoms with Crippen molar-refractivity contribution in [3.8, 4) is 5.75 Å². The highest BCUT2D eigenvalue weighted by Gasteiger charge is 2.27. The average molecular weight is 287 g/mol. The van der Waals surface area contributed by atoms with Crippen molar-refractivity contribution in [2.45, 2.75) is 31.7 Å². The minimum Gasteiger partial charge on any atom is -0.507 e. The lowest BCUT2D eigenvalue weighted by molar-refractivity contribution is 0.0693. The SMILES string of the molecule is CCN(C(C)C)S(=O)(=O)c1ccc(O)c(C(=O)O)c1. The number of sulfonamides is 1. The number of phenols is 1. The van der Waals surface area contributed by atoms with Crippen LogP contribution in [0.15, 0.2) is 23.1 Å². The highest BCUT2D eigenvalue weighted by atomic mass is 32.2. The number of carbonyl (C=O) groups is 1. The first-order valence-corrected chi connectivity index (χ1v) is 7.24. The van der Waals surface area contributed by atoms with Gasteiger partial charge in [0.05, 0.1) is 4.90 Å². The summed E-state index contributed by atoms with van der Waals surface area (Å²) >= 11 is 0. The molecule has 0 unspecified atom stereocenters. The summed E-state index contributed by atoms with van der Waals surface area (Å²) in [6, 6.07) is 3.00. The summed E-state index contributed by atoms with van der Waals surface area (Å²) in [4.78, 5) is 10.8. The van der Waals surface area contributed by atoms with Crippen LogP contribution in [0.2, 0.25) is 0 Å². The van der Waals surface area contributed by atoms with Crippen molar-refractivity contribution >= 4 is 16.0 Å². The number of hydrogen-bond acceptors (Lipinski definition) is 4. The van der Waals surface area contributed by atoms with Crippen LogP contribution < -0.4 is 0 Å². The van der Waals surface area contributed by atoms with E-state index in [1.165, 1.54) is 10.4 Å². The van der Waals surface area contributed by atoms with Crippen molar-refractivity contribution in [3.63, 3.8) is 0 Å². The summed E-state index contributed by atoms with van der Waals surface area (Å²) in [5, 5.41) is 18.3. The maximum Gasteiger partial charge on any atom is 0.339 e. The smallest absolute Gasteiger partial charge is 0.339 e. The Kier molecular flexibility index (Phi) is 4.54. The summed E-state index contributed by atoms with van der Waals surface area (Å²) in [5.41, 5.74) is -0.430. The Hall–Kier alpha value is -1.60. The Bertz CT molecular complexity index is 580. The quantitative estimate of drug-likeness (QED) is 0.856. The Morgan fingerprint density at radius 3 is 2.37 bits per heavy atom. The van der Waals surface area contributed by atoms with Crippen LogP contribution in [-0.4, -0.2) is 41.5 Å². The Morgan fingerprint density at radius 1 is 1.37 bits per heavy atom. The number of rotatable bonds is 5. The topological polar surface area (TPSA) is 94.9 Å². The molecule has 0 aliphatic carbocycles. The van der Waals surface area contributed by atoms with Crippen molar-refractivity contribution in [1.82, 2.24) is 4.31 Å². The van der Waals surface area contributed by atoms with Gasteiger partial charge in [0.15, 0.2) is 0 Å². The van der Waals surface area contributed by atoms with E-state index in [-0.39, 0.29) is 17.5 Å². The second kappa shape index (κ2) is 5.58. The van der Waals surface area contributed by atoms with Gasteiger partial charge in [0, 0.05) is 12.6 Å². The number of nitrogens with zero attached hydrogens (tertiary/aromatic N) is 1. The third-order valence-corrected chi connectivity index (χ3v) is 4.84. The molecule has 6 nitrogen and oxygen atoms in total. The lowest BCUT2D eigenvalue weighted by Crippen LogP contribution is -2.36. The van der Waals surface area contributed by atoms with Crippen molar-refractivity contribution in [2.75, 3.05) is 6.54 Å². The van der Waals surface area contributed by atoms with E-state index in [2.05, 4.69) is 0 Å². The van der Waals surface area contributed by atoms with Crippen LogP contribution in [0.5, 0.6) is 5.75 Å². The molecular formula is C12H17NO5S. The molecule has 1 rings (SSSR count). The number of benzene rings is 1. The molecule has 7 heteroatoms. The Labute approximate surface area is 112 Å². The fourth-order valence-electron chi connectivity index (χ4n) is 1.79. The van der Waals surface area contributed by atoms with Crippen molar-refractivity contribution in [3.05, 3.63) is 23.8 Å². The second-order valence-electron chi connectivity index (χ2n) is 4.29. The van der Waals surface area contributed by atoms with Gasteiger partial charge in [-0.1, -0.05) is 6.92 Å². The van der Waals surface area contributed by atoms with Gasteiger partial charge in [-0.05, 0) is 32.0 Å². The van der Waals surface area contributed by atoms with Gasteiger partial charge in [-0.3, -0.25) is 0 Å². The van der Waals surface area contributed by atoms with E-state index in [1.807, 2.05) is 0 Å². The number of aromatic carboxylic acids is 1. The van der Waals surface area contributed by atoms with Gasteiger partial charge in [-0.2, -0.15) is 4.31 Å². The fourth-order valence-corrected chi connectivity index (χ4v) is 3.47. The van der Waals surface area contributed by atoms with Crippen LogP contribution in [0.4, 0.5) is 0 Å². The highest BCUT2D eigenvalue weighted by molar-refractivity contribution is 7.89. The Morgan fingerprint density at radius 2 is 1.95 bits per heavy atom. The maximum absolute atomic E-state index is 12.3. The van der Waals surface area contributed by atoms with E-state index < -0.39 is 27.3 Å². The van der Waals surface area contributed by atoms with Crippen LogP contribution in [0.1, 0.15) is 31.1 Å². The monoisotopic (exact) mass is 287 g/mol. The summed E-state index contributed by atoms with van der Waals surface area (Å²) in [6.45, 7) is 5.46. The molecule has 0 atom stereocenters. The van der Waals surface area contributed by atoms with E-state index in [0.29, 0.717) is 0 Å². The molecule has 0 aromatic heterocycles. The lowest BCUT2D eigenvalue weighted by Gasteiger charge is -2.24. The first kappa shape index (κ1) is 15.5. The molecule has 106 valence electrons. The maximum atomic E-state index is 12.3. The van der Waals surface area contributed by atoms with Crippen LogP contribution in [0.25, 0.3) is 0 Å². The third kappa shape index (κ3) is 3.05. The van der Waals surface area contributed by atoms with Crippen molar-refractivity contribution < 1.29 is 23.4 Å². The van der Waals surface area contributed by atoms with E-state index in [0.717, 1.165) is 12.1 Å². The molecule has 0 aliphatic rings. The van der Waals surface area contributed by atoms with Gasteiger partial charge < -0.3 is 10.2 Å². The third-order valence-electron chi connectivity index (χ3n) is 2.69. The van der Waals surface area contributed by atoms with Gasteiger partial charge >= 0.3 is 5.97 Å². The van der Waals surface area contributed by atoms with Crippen molar-refractivity contribution in [1.29, 1.82) is 0 Å². The number of aromatic hydroxyl groups is 1. The zero-order valence-corrected chi connectivity index (χ0v) is 11.8. The summed E-state index contributed by atoms with van der Waals surface area (Å²) in [7, 11) is -3.76. The molecule has 2 N–H and O–H groups in total. The van der Waals surface area contributed by atoms with Crippen LogP contribution in [0.3, 0.4) is 0 Å². The number of carboxylic acids is 1. The van der Waals surface area contributed by atoms with Crippen LogP contribution in [-0.2, 0) is 10.0 Å². The first-order chi connectivity index (χ1) is 8.71. The predicted octanol–water partition coefficient (Wildman–Crippen LogP) is 1.51. The van der Waals surface area contributed by atoms with E-state index in [1.54, 1.807) is 20.8 Å². The normalized spacial score (nSPS) is 12.1. The molecular weight excluding hydrogens is 270 g/mol. The molecule has 0 saturated heterocycles. The highest BCUT2D eigenvalue weighted by Crippen LogP contribution is 2.24. The number of carboxylic acid groups (broad SMARTS) is 1. The predicted molar refractivity (Wildman–Crippen MR) is 69.8 cm³/mol. The summed E-state index contributed by atoms with van der Waals surface area (Å²) < 4.78 is 25.9. The van der Waals surface area contributed by atoms with Crippen LogP contribution in [0, 0.1) is 0 Å². The molecule has 0 amide bonds. The molecule has 0 aliphatic heterocycles. The molecule has 0 fully saturated rings. The number of hydrogen-bond donors (Lipinski definition) is 2. The zero-order valence-electron chi connectivity index (χ0n) is 11.0. The van der Waals surface area contributed by atoms with Crippen LogP contribution >= 0.6 is 0 Å². The van der Waals surface area contributed by atoms with E-state index >= 15 is 0 Å². The Balaban J connectivity index is 3.37. The minimum atomic E-state index is -3.76. The van der Waals surface area contributed by atoms with Gasteiger partial charge in [0.2, 0.25) is 10.0 Å². The largest absolute Gasteiger partial charge is 0.507 e. The standard InChI is InChI=1S/C12H17NO5S/c1-4-13(8(2)3)19(17,18)9-5-6-11(14)10(7-9)12(15)16/h5-8,14H,4H2,1-3H3,(H,15,16). The molecule has 0 spiro atoms. The summed E-state index contributed by atoms with van der Waals surface area (Å²) in [5.74, 6) is -1.83. The molecule has 1 aromatic carbocycles. The molecule has 0 bridgehead atoms. The fraction of sp³-hybridized carbons (Fsp3) is 0.417. The van der Waals surface area contributed by atoms with Crippen molar-refractivity contribution in [2.24, 2.45) is 0 Å². The van der Waals surface area contributed by atoms with Gasteiger partial charge in [-0.15, -0.1) is 0 Å². The van der Waals surface area contributed by atoms with E-state index in [9.17, 15) is 18.3 Å². The average Bonchev–Trinajstić information content (AvgIpc) is 2.28.